The van der Waals surface area contributed by atoms with Crippen LogP contribution in [-0.4, -0.2) is 103 Å². The van der Waals surface area contributed by atoms with Crippen molar-refractivity contribution in [3.05, 3.63) is 35.8 Å². The number of carbonyl (C=O) groups is 3. The molecule has 0 radical (unpaired) electrons. The van der Waals surface area contributed by atoms with Crippen LogP contribution in [0.1, 0.15) is 37.0 Å². The topological polar surface area (TPSA) is 207 Å². The maximum absolute atomic E-state index is 15.1. The summed E-state index contributed by atoms with van der Waals surface area (Å²) in [5.74, 6) is -4.83. The number of aromatic nitrogens is 1. The first kappa shape index (κ1) is 30.8. The lowest BCUT2D eigenvalue weighted by Gasteiger charge is -2.38. The largest absolute Gasteiger partial charge is 0.479 e. The predicted octanol–water partition coefficient (Wildman–Crippen LogP) is 0.138. The van der Waals surface area contributed by atoms with Gasteiger partial charge in [0.05, 0.1) is 28.9 Å². The zero-order chi connectivity index (χ0) is 28.8. The number of aliphatic hydroxyl groups is 3. The predicted molar refractivity (Wildman–Crippen MR) is 132 cm³/mol. The first-order valence-electron chi connectivity index (χ1n) is 11.6. The number of anilines is 1. The Kier molecular flexibility index (Phi) is 10.0. The number of piperidine rings is 1. The molecule has 2 heterocycles. The highest BCUT2D eigenvalue weighted by Crippen LogP contribution is 2.28. The molecule has 0 spiro atoms. The van der Waals surface area contributed by atoms with E-state index < -0.39 is 47.1 Å². The molecule has 3 rings (SSSR count). The van der Waals surface area contributed by atoms with Crippen LogP contribution in [0, 0.1) is 5.82 Å². The Labute approximate surface area is 216 Å². The van der Waals surface area contributed by atoms with Gasteiger partial charge in [-0.05, 0) is 44.9 Å². The number of likely N-dealkylation sites (tertiary alicyclic amines) is 1. The van der Waals surface area contributed by atoms with Gasteiger partial charge in [0.25, 0.3) is 5.91 Å². The summed E-state index contributed by atoms with van der Waals surface area (Å²) < 4.78 is 29.2. The van der Waals surface area contributed by atoms with Crippen LogP contribution < -0.4 is 11.1 Å². The van der Waals surface area contributed by atoms with Crippen molar-refractivity contribution in [2.45, 2.75) is 50.2 Å². The van der Waals surface area contributed by atoms with Gasteiger partial charge in [0.1, 0.15) is 11.5 Å². The third-order valence-electron chi connectivity index (χ3n) is 5.86. The van der Waals surface area contributed by atoms with E-state index in [0.29, 0.717) is 25.0 Å². The average molecular weight is 543 g/mol. The number of alkyl halides is 1. The smallest absolute Gasteiger partial charge is 0.335 e. The number of amides is 1. The maximum Gasteiger partial charge on any atom is 0.335 e. The highest BCUT2D eigenvalue weighted by Gasteiger charge is 2.36. The lowest BCUT2D eigenvalue weighted by molar-refractivity contribution is -0.165. The summed E-state index contributed by atoms with van der Waals surface area (Å²) in [6.45, 7) is 4.73. The number of nitrogens with zero attached hydrogens (tertiary/aromatic N) is 2. The molecule has 8 N–H and O–H groups in total. The van der Waals surface area contributed by atoms with Crippen molar-refractivity contribution in [1.82, 2.24) is 15.2 Å². The molecule has 1 aromatic carbocycles. The number of pyridine rings is 1. The zero-order valence-corrected chi connectivity index (χ0v) is 20.9. The molecule has 0 bridgehead atoms. The number of hydrogen-bond acceptors (Lipinski definition) is 9. The van der Waals surface area contributed by atoms with Crippen LogP contribution in [0.4, 0.5) is 14.5 Å². The summed E-state index contributed by atoms with van der Waals surface area (Å²) in [6.07, 6.45) is -2.54. The Bertz CT molecular complexity index is 1150. The van der Waals surface area contributed by atoms with Gasteiger partial charge in [0, 0.05) is 31.2 Å². The average Bonchev–Trinajstić information content (AvgIpc) is 2.85. The summed E-state index contributed by atoms with van der Waals surface area (Å²) in [6, 6.07) is 4.24. The molecule has 1 saturated heterocycles. The normalized spacial score (nSPS) is 17.1. The van der Waals surface area contributed by atoms with Crippen LogP contribution >= 0.6 is 0 Å². The fraction of sp³-hybridized carbons (Fsp3) is 0.500. The molecule has 2 aromatic rings. The van der Waals surface area contributed by atoms with Gasteiger partial charge in [0.2, 0.25) is 0 Å². The number of fused-ring (bicyclic) bond motifs is 1. The van der Waals surface area contributed by atoms with Crippen LogP contribution in [0.15, 0.2) is 24.4 Å². The Morgan fingerprint density at radius 1 is 1.18 bits per heavy atom. The number of nitrogen functional groups attached to an aromatic ring is 1. The van der Waals surface area contributed by atoms with E-state index in [-0.39, 0.29) is 36.2 Å². The number of carbonyl (C=O) groups excluding carboxylic acids is 1. The fourth-order valence-corrected chi connectivity index (χ4v) is 3.85. The molecule has 14 heteroatoms. The highest BCUT2D eigenvalue weighted by atomic mass is 19.1. The van der Waals surface area contributed by atoms with E-state index in [1.807, 2.05) is 4.90 Å². The molecule has 1 aromatic heterocycles. The van der Waals surface area contributed by atoms with Crippen molar-refractivity contribution < 1.29 is 48.7 Å². The number of hydrogen-bond donors (Lipinski definition) is 7. The van der Waals surface area contributed by atoms with Crippen molar-refractivity contribution in [2.75, 3.05) is 31.9 Å². The van der Waals surface area contributed by atoms with Gasteiger partial charge < -0.3 is 41.5 Å². The van der Waals surface area contributed by atoms with Gasteiger partial charge in [-0.1, -0.05) is 0 Å². The Balaban J connectivity index is 0.000000432. The quantitative estimate of drug-likeness (QED) is 0.223. The first-order valence-corrected chi connectivity index (χ1v) is 11.6. The number of nitrogens with two attached hydrogens (primary N) is 1. The molecular weight excluding hydrogens is 510 g/mol. The van der Waals surface area contributed by atoms with E-state index in [1.54, 1.807) is 26.0 Å². The van der Waals surface area contributed by atoms with Gasteiger partial charge >= 0.3 is 11.9 Å². The van der Waals surface area contributed by atoms with Crippen molar-refractivity contribution in [3.63, 3.8) is 0 Å². The molecule has 0 saturated carbocycles. The number of carboxylic acids is 2. The number of nitrogens with one attached hydrogen (secondary N) is 1. The summed E-state index contributed by atoms with van der Waals surface area (Å²) in [7, 11) is 0. The van der Waals surface area contributed by atoms with E-state index in [9.17, 15) is 23.9 Å². The number of carboxylic acid groups (broad SMARTS) is 2. The monoisotopic (exact) mass is 542 g/mol. The molecular formula is C24H32F2N4O8. The van der Waals surface area contributed by atoms with Crippen LogP contribution in [0.5, 0.6) is 0 Å². The number of β-amino-alcohol motifs (C(OH)–C–C–N with tert-alkyl or cyclic N) is 1. The minimum absolute atomic E-state index is 0.0327. The standard InChI is InChI=1S/C20H26F2N4O2.C4H6O6/c1-19(2,28)12-26-8-5-20(22,6-9-26)11-25-18(27)14-10-15(21)16(23)13-4-3-7-24-17(13)14;5-1(3(7)8)2(6)4(9)10/h3-4,7,10,28H,5-6,8-9,11-12,23H2,1-2H3,(H,25,27);1-2,5-6H,(H,7,8)(H,9,10)/t;1-,2-/m.1/s1. The van der Waals surface area contributed by atoms with Crippen LogP contribution in [-0.2, 0) is 9.59 Å². The SMILES string of the molecule is CC(C)(O)CN1CCC(F)(CNC(=O)c2cc(F)c(N)c3cccnc23)CC1.O=C(O)[C@H](O)[C@@H](O)C(=O)O. The number of benzene rings is 1. The molecule has 1 amide bonds. The number of rotatable bonds is 8. The molecule has 1 aliphatic heterocycles. The highest BCUT2D eigenvalue weighted by molar-refractivity contribution is 6.08. The van der Waals surface area contributed by atoms with Crippen molar-refractivity contribution in [3.8, 4) is 0 Å². The number of halogens is 2. The second kappa shape index (κ2) is 12.4. The summed E-state index contributed by atoms with van der Waals surface area (Å²) in [5, 5.41) is 45.4. The zero-order valence-electron chi connectivity index (χ0n) is 20.9. The molecule has 12 nitrogen and oxygen atoms in total. The molecule has 38 heavy (non-hydrogen) atoms. The second-order valence-electron chi connectivity index (χ2n) is 9.71. The Morgan fingerprint density at radius 2 is 1.74 bits per heavy atom. The van der Waals surface area contributed by atoms with Gasteiger partial charge in [-0.25, -0.2) is 18.4 Å². The van der Waals surface area contributed by atoms with Gasteiger partial charge in [-0.3, -0.25) is 9.78 Å². The lowest BCUT2D eigenvalue weighted by atomic mass is 9.92. The molecule has 0 aliphatic carbocycles. The van der Waals surface area contributed by atoms with E-state index in [0.717, 1.165) is 6.07 Å². The molecule has 0 unspecified atom stereocenters. The Morgan fingerprint density at radius 3 is 2.24 bits per heavy atom. The molecule has 1 aliphatic rings. The number of aliphatic carboxylic acids is 2. The molecule has 2 atom stereocenters. The summed E-state index contributed by atoms with van der Waals surface area (Å²) in [5.41, 5.74) is 3.60. The summed E-state index contributed by atoms with van der Waals surface area (Å²) in [4.78, 5) is 38.3. The van der Waals surface area contributed by atoms with Gasteiger partial charge in [-0.15, -0.1) is 0 Å². The van der Waals surface area contributed by atoms with Crippen LogP contribution in [0.25, 0.3) is 10.9 Å². The van der Waals surface area contributed by atoms with E-state index >= 15 is 4.39 Å². The Hall–Kier alpha value is -3.46. The summed E-state index contributed by atoms with van der Waals surface area (Å²) >= 11 is 0. The van der Waals surface area contributed by atoms with Gasteiger partial charge in [0.15, 0.2) is 12.2 Å². The third kappa shape index (κ3) is 8.28. The van der Waals surface area contributed by atoms with Crippen molar-refractivity contribution in [1.29, 1.82) is 0 Å². The number of aliphatic hydroxyl groups excluding tert-OH is 2. The fourth-order valence-electron chi connectivity index (χ4n) is 3.85. The molecule has 210 valence electrons. The van der Waals surface area contributed by atoms with Crippen LogP contribution in [0.2, 0.25) is 0 Å². The molecule has 1 fully saturated rings. The van der Waals surface area contributed by atoms with E-state index in [4.69, 9.17) is 26.2 Å². The maximum atomic E-state index is 15.1. The minimum atomic E-state index is -2.27. The van der Waals surface area contributed by atoms with Crippen LogP contribution in [0.3, 0.4) is 0 Å². The van der Waals surface area contributed by atoms with Crippen molar-refractivity contribution in [2.24, 2.45) is 0 Å². The first-order chi connectivity index (χ1) is 17.5. The third-order valence-corrected chi connectivity index (χ3v) is 5.86. The lowest BCUT2D eigenvalue weighted by Crippen LogP contribution is -2.50. The van der Waals surface area contributed by atoms with E-state index in [1.165, 1.54) is 6.20 Å². The second-order valence-corrected chi connectivity index (χ2v) is 9.71. The van der Waals surface area contributed by atoms with E-state index in [2.05, 4.69) is 10.3 Å². The van der Waals surface area contributed by atoms with Crippen molar-refractivity contribution >= 4 is 34.4 Å². The minimum Gasteiger partial charge on any atom is -0.479 e. The van der Waals surface area contributed by atoms with Gasteiger partial charge in [-0.2, -0.15) is 0 Å².